The van der Waals surface area contributed by atoms with Gasteiger partial charge in [-0.25, -0.2) is 18.4 Å². The minimum absolute atomic E-state index is 0.0367. The van der Waals surface area contributed by atoms with Crippen LogP contribution in [-0.2, 0) is 16.1 Å². The summed E-state index contributed by atoms with van der Waals surface area (Å²) in [6, 6.07) is 11.8. The third-order valence-electron chi connectivity index (χ3n) is 4.15. The van der Waals surface area contributed by atoms with E-state index >= 15 is 0 Å². The highest BCUT2D eigenvalue weighted by Crippen LogP contribution is 2.38. The average molecular weight is 417 g/mol. The van der Waals surface area contributed by atoms with Gasteiger partial charge in [0.15, 0.2) is 11.6 Å². The zero-order valence-electron chi connectivity index (χ0n) is 15.6. The van der Waals surface area contributed by atoms with Crippen molar-refractivity contribution in [3.8, 4) is 10.4 Å². The molecule has 3 rings (SSSR count). The molecular formula is C21H17F2NO4S. The van der Waals surface area contributed by atoms with Crippen LogP contribution in [0.15, 0.2) is 47.8 Å². The number of hydrogen-bond donors (Lipinski definition) is 1. The van der Waals surface area contributed by atoms with Crippen molar-refractivity contribution in [3.63, 3.8) is 0 Å². The predicted octanol–water partition coefficient (Wildman–Crippen LogP) is 5.54. The van der Waals surface area contributed by atoms with E-state index in [1.807, 2.05) is 18.2 Å². The molecule has 1 amide bonds. The number of anilines is 1. The maximum atomic E-state index is 14.4. The fourth-order valence-electron chi connectivity index (χ4n) is 2.64. The first-order chi connectivity index (χ1) is 13.9. The van der Waals surface area contributed by atoms with E-state index < -0.39 is 23.7 Å². The third kappa shape index (κ3) is 4.43. The average Bonchev–Trinajstić information content (AvgIpc) is 3.14. The molecule has 0 unspecified atom stereocenters. The first-order valence-electron chi connectivity index (χ1n) is 8.54. The fraction of sp³-hybridized carbons (Fsp3) is 0.143. The number of hydrogen-bond acceptors (Lipinski definition) is 5. The van der Waals surface area contributed by atoms with E-state index in [0.717, 1.165) is 24.0 Å². The van der Waals surface area contributed by atoms with E-state index in [9.17, 15) is 18.4 Å². The number of methoxy groups -OCH3 is 1. The largest absolute Gasteiger partial charge is 0.465 e. The number of nitrogens with one attached hydrogen (secondary N) is 1. The molecule has 0 fully saturated rings. The molecule has 0 saturated carbocycles. The van der Waals surface area contributed by atoms with Crippen molar-refractivity contribution in [2.75, 3.05) is 12.4 Å². The van der Waals surface area contributed by atoms with Crippen molar-refractivity contribution in [1.82, 2.24) is 0 Å². The number of esters is 1. The zero-order chi connectivity index (χ0) is 21.0. The van der Waals surface area contributed by atoms with Crippen molar-refractivity contribution in [2.45, 2.75) is 13.5 Å². The summed E-state index contributed by atoms with van der Waals surface area (Å²) in [7, 11) is 1.16. The highest BCUT2D eigenvalue weighted by molar-refractivity contribution is 7.14. The zero-order valence-corrected chi connectivity index (χ0v) is 16.4. The Kier molecular flexibility index (Phi) is 6.23. The lowest BCUT2D eigenvalue weighted by atomic mass is 10.1. The molecule has 0 aliphatic heterocycles. The highest BCUT2D eigenvalue weighted by atomic mass is 32.1. The van der Waals surface area contributed by atoms with Gasteiger partial charge in [-0.1, -0.05) is 42.5 Å². The number of benzene rings is 2. The first-order valence-corrected chi connectivity index (χ1v) is 9.42. The number of carbonyl (C=O) groups is 2. The molecule has 5 nitrogen and oxygen atoms in total. The van der Waals surface area contributed by atoms with Crippen LogP contribution in [0.2, 0.25) is 0 Å². The molecule has 0 aliphatic carbocycles. The van der Waals surface area contributed by atoms with Crippen molar-refractivity contribution in [2.24, 2.45) is 0 Å². The molecule has 1 heterocycles. The van der Waals surface area contributed by atoms with Crippen LogP contribution in [0.3, 0.4) is 0 Å². The van der Waals surface area contributed by atoms with Gasteiger partial charge in [-0.05, 0) is 18.1 Å². The molecule has 0 atom stereocenters. The van der Waals surface area contributed by atoms with Gasteiger partial charge in [0.1, 0.15) is 12.2 Å². The number of carbonyl (C=O) groups excluding carboxylic acids is 2. The summed E-state index contributed by atoms with van der Waals surface area (Å²) in [5, 5.41) is 3.91. The van der Waals surface area contributed by atoms with Crippen LogP contribution in [0.5, 0.6) is 0 Å². The molecule has 0 saturated heterocycles. The summed E-state index contributed by atoms with van der Waals surface area (Å²) >= 11 is 0.980. The summed E-state index contributed by atoms with van der Waals surface area (Å²) in [5.41, 5.74) is 0.861. The second kappa shape index (κ2) is 8.83. The Hall–Kier alpha value is -3.26. The lowest BCUT2D eigenvalue weighted by Crippen LogP contribution is -2.16. The maximum Gasteiger partial charge on any atom is 0.412 e. The summed E-state index contributed by atoms with van der Waals surface area (Å²) in [5.74, 6) is -2.86. The number of thiophene rings is 1. The second-order valence-corrected chi connectivity index (χ2v) is 6.97. The standard InChI is InChI=1S/C21H17F2NO4S/c1-12-8-9-14(18(23)17(12)22)19-16(20(25)27-2)15(11-29-19)24-21(26)28-10-13-6-4-3-5-7-13/h3-9,11H,10H2,1-2H3,(H,24,26). The molecule has 2 aromatic carbocycles. The van der Waals surface area contributed by atoms with Crippen LogP contribution in [0.1, 0.15) is 21.5 Å². The molecule has 3 aromatic rings. The van der Waals surface area contributed by atoms with Crippen LogP contribution in [0.25, 0.3) is 10.4 Å². The van der Waals surface area contributed by atoms with Crippen LogP contribution in [0, 0.1) is 18.6 Å². The fourth-order valence-corrected chi connectivity index (χ4v) is 3.65. The monoisotopic (exact) mass is 417 g/mol. The number of ether oxygens (including phenoxy) is 2. The third-order valence-corrected chi connectivity index (χ3v) is 5.16. The van der Waals surface area contributed by atoms with Gasteiger partial charge in [-0.3, -0.25) is 5.32 Å². The van der Waals surface area contributed by atoms with Crippen LogP contribution in [-0.4, -0.2) is 19.2 Å². The summed E-state index contributed by atoms with van der Waals surface area (Å²) in [6.07, 6.45) is -0.793. The van der Waals surface area contributed by atoms with Crippen LogP contribution < -0.4 is 5.32 Å². The molecule has 0 spiro atoms. The smallest absolute Gasteiger partial charge is 0.412 e. The number of aryl methyl sites for hydroxylation is 1. The van der Waals surface area contributed by atoms with E-state index in [4.69, 9.17) is 9.47 Å². The second-order valence-electron chi connectivity index (χ2n) is 6.09. The van der Waals surface area contributed by atoms with Gasteiger partial charge in [0.25, 0.3) is 0 Å². The normalized spacial score (nSPS) is 10.5. The number of halogens is 2. The van der Waals surface area contributed by atoms with Gasteiger partial charge < -0.3 is 9.47 Å². The van der Waals surface area contributed by atoms with E-state index in [1.165, 1.54) is 24.4 Å². The van der Waals surface area contributed by atoms with Gasteiger partial charge in [0, 0.05) is 10.9 Å². The number of amides is 1. The Balaban J connectivity index is 1.87. The maximum absolute atomic E-state index is 14.4. The summed E-state index contributed by atoms with van der Waals surface area (Å²) in [6.45, 7) is 1.47. The van der Waals surface area contributed by atoms with Gasteiger partial charge in [-0.2, -0.15) is 0 Å². The molecule has 8 heteroatoms. The minimum Gasteiger partial charge on any atom is -0.465 e. The SMILES string of the molecule is COC(=O)c1c(NC(=O)OCc2ccccc2)csc1-c1ccc(C)c(F)c1F. The minimum atomic E-state index is -1.07. The molecule has 1 aromatic heterocycles. The molecule has 29 heavy (non-hydrogen) atoms. The summed E-state index contributed by atoms with van der Waals surface area (Å²) < 4.78 is 38.3. The van der Waals surface area contributed by atoms with Crippen molar-refractivity contribution >= 4 is 29.1 Å². The quantitative estimate of drug-likeness (QED) is 0.554. The Morgan fingerprint density at radius 1 is 1.07 bits per heavy atom. The van der Waals surface area contributed by atoms with E-state index in [1.54, 1.807) is 12.1 Å². The summed E-state index contributed by atoms with van der Waals surface area (Å²) in [4.78, 5) is 24.6. The Labute approximate surface area is 169 Å². The lowest BCUT2D eigenvalue weighted by molar-refractivity contribution is 0.0603. The Bertz CT molecular complexity index is 1050. The predicted molar refractivity (Wildman–Crippen MR) is 106 cm³/mol. The lowest BCUT2D eigenvalue weighted by Gasteiger charge is -2.10. The van der Waals surface area contributed by atoms with E-state index in [-0.39, 0.29) is 33.9 Å². The van der Waals surface area contributed by atoms with Gasteiger partial charge >= 0.3 is 12.1 Å². The first kappa shape index (κ1) is 20.5. The topological polar surface area (TPSA) is 64.6 Å². The number of rotatable bonds is 5. The molecule has 150 valence electrons. The Morgan fingerprint density at radius 2 is 1.79 bits per heavy atom. The van der Waals surface area contributed by atoms with E-state index in [0.29, 0.717) is 0 Å². The molecular weight excluding hydrogens is 400 g/mol. The van der Waals surface area contributed by atoms with Gasteiger partial charge in [-0.15, -0.1) is 11.3 Å². The van der Waals surface area contributed by atoms with Crippen molar-refractivity contribution in [3.05, 3.63) is 76.2 Å². The van der Waals surface area contributed by atoms with Crippen molar-refractivity contribution in [1.29, 1.82) is 0 Å². The molecule has 0 aliphatic rings. The highest BCUT2D eigenvalue weighted by Gasteiger charge is 2.25. The van der Waals surface area contributed by atoms with E-state index in [2.05, 4.69) is 5.32 Å². The van der Waals surface area contributed by atoms with Gasteiger partial charge in [0.05, 0.1) is 17.7 Å². The Morgan fingerprint density at radius 3 is 2.48 bits per heavy atom. The van der Waals surface area contributed by atoms with Crippen molar-refractivity contribution < 1.29 is 27.8 Å². The van der Waals surface area contributed by atoms with Crippen LogP contribution in [0.4, 0.5) is 19.3 Å². The molecule has 1 N–H and O–H groups in total. The molecule has 0 radical (unpaired) electrons. The van der Waals surface area contributed by atoms with Crippen LogP contribution >= 0.6 is 11.3 Å². The molecule has 0 bridgehead atoms. The van der Waals surface area contributed by atoms with Gasteiger partial charge in [0.2, 0.25) is 0 Å².